The molecule has 0 amide bonds. The molecule has 0 aromatic carbocycles. The standard InChI is InChI=1S/C14H19ClO/c1-9(8-16)13(15)14-5-10-2-11(6-14)4-12(3-10)7-14/h8,10-12H,2-7H2,1H3. The van der Waals surface area contributed by atoms with Gasteiger partial charge in [-0.1, -0.05) is 11.6 Å². The number of hydrogen-bond acceptors (Lipinski definition) is 1. The van der Waals surface area contributed by atoms with Crippen LogP contribution in [0, 0.1) is 23.2 Å². The highest BCUT2D eigenvalue weighted by atomic mass is 35.5. The van der Waals surface area contributed by atoms with Gasteiger partial charge in [0.1, 0.15) is 6.29 Å². The van der Waals surface area contributed by atoms with Crippen molar-refractivity contribution in [3.05, 3.63) is 10.6 Å². The molecule has 0 spiro atoms. The SMILES string of the molecule is CC(C=O)=C(Cl)C12CC3CC(CC(C3)C1)C2. The van der Waals surface area contributed by atoms with Gasteiger partial charge in [0.25, 0.3) is 0 Å². The Kier molecular flexibility index (Phi) is 2.43. The third-order valence-corrected chi connectivity index (χ3v) is 5.73. The van der Waals surface area contributed by atoms with Crippen molar-refractivity contribution in [2.75, 3.05) is 0 Å². The minimum atomic E-state index is 0.196. The summed E-state index contributed by atoms with van der Waals surface area (Å²) in [5.74, 6) is 2.67. The van der Waals surface area contributed by atoms with E-state index in [0.29, 0.717) is 0 Å². The van der Waals surface area contributed by atoms with Crippen LogP contribution >= 0.6 is 11.6 Å². The van der Waals surface area contributed by atoms with Gasteiger partial charge in [0, 0.05) is 16.0 Å². The summed E-state index contributed by atoms with van der Waals surface area (Å²) >= 11 is 6.50. The van der Waals surface area contributed by atoms with Gasteiger partial charge in [0.15, 0.2) is 0 Å². The van der Waals surface area contributed by atoms with Crippen LogP contribution in [0.4, 0.5) is 0 Å². The first kappa shape index (κ1) is 10.8. The van der Waals surface area contributed by atoms with Crippen molar-refractivity contribution in [2.24, 2.45) is 23.2 Å². The summed E-state index contributed by atoms with van der Waals surface area (Å²) < 4.78 is 0. The average molecular weight is 239 g/mol. The van der Waals surface area contributed by atoms with E-state index in [1.54, 1.807) is 0 Å². The summed E-state index contributed by atoms with van der Waals surface area (Å²) in [4.78, 5) is 10.9. The molecule has 0 heterocycles. The predicted molar refractivity (Wildman–Crippen MR) is 65.2 cm³/mol. The van der Waals surface area contributed by atoms with E-state index >= 15 is 0 Å². The molecule has 4 bridgehead atoms. The Hall–Kier alpha value is -0.300. The first-order chi connectivity index (χ1) is 7.63. The van der Waals surface area contributed by atoms with Crippen molar-refractivity contribution >= 4 is 17.9 Å². The van der Waals surface area contributed by atoms with Crippen molar-refractivity contribution in [2.45, 2.75) is 45.4 Å². The number of halogens is 1. The molecule has 2 heteroatoms. The Labute approximate surface area is 102 Å². The molecular weight excluding hydrogens is 220 g/mol. The Morgan fingerprint density at radius 1 is 1.12 bits per heavy atom. The summed E-state index contributed by atoms with van der Waals surface area (Å²) in [5, 5.41) is 0.890. The van der Waals surface area contributed by atoms with Gasteiger partial charge in [0.05, 0.1) is 0 Å². The van der Waals surface area contributed by atoms with Gasteiger partial charge < -0.3 is 0 Å². The first-order valence-corrected chi connectivity index (χ1v) is 6.83. The van der Waals surface area contributed by atoms with Crippen LogP contribution in [0.2, 0.25) is 0 Å². The van der Waals surface area contributed by atoms with Gasteiger partial charge in [-0.2, -0.15) is 0 Å². The van der Waals surface area contributed by atoms with Crippen molar-refractivity contribution in [3.8, 4) is 0 Å². The van der Waals surface area contributed by atoms with Crippen LogP contribution < -0.4 is 0 Å². The molecule has 0 N–H and O–H groups in total. The van der Waals surface area contributed by atoms with Gasteiger partial charge in [-0.15, -0.1) is 0 Å². The third kappa shape index (κ3) is 1.48. The second-order valence-electron chi connectivity index (χ2n) is 6.31. The molecule has 0 aromatic heterocycles. The second kappa shape index (κ2) is 3.60. The molecule has 16 heavy (non-hydrogen) atoms. The summed E-state index contributed by atoms with van der Waals surface area (Å²) in [7, 11) is 0. The van der Waals surface area contributed by atoms with Crippen LogP contribution in [0.15, 0.2) is 10.6 Å². The van der Waals surface area contributed by atoms with Crippen molar-refractivity contribution in [1.82, 2.24) is 0 Å². The van der Waals surface area contributed by atoms with Crippen LogP contribution in [-0.4, -0.2) is 6.29 Å². The van der Waals surface area contributed by atoms with Crippen LogP contribution in [0.25, 0.3) is 0 Å². The zero-order valence-electron chi connectivity index (χ0n) is 9.84. The van der Waals surface area contributed by atoms with Crippen LogP contribution in [0.3, 0.4) is 0 Å². The summed E-state index contributed by atoms with van der Waals surface area (Å²) in [6.45, 7) is 1.87. The van der Waals surface area contributed by atoms with Crippen molar-refractivity contribution in [3.63, 3.8) is 0 Å². The lowest BCUT2D eigenvalue weighted by Crippen LogP contribution is -2.46. The number of carbonyl (C=O) groups is 1. The zero-order chi connectivity index (χ0) is 11.3. The molecule has 4 aliphatic carbocycles. The molecule has 4 rings (SSSR count). The molecule has 0 saturated heterocycles. The number of allylic oxidation sites excluding steroid dienone is 2. The maximum atomic E-state index is 10.9. The summed E-state index contributed by atoms with van der Waals surface area (Å²) in [6.07, 6.45) is 8.91. The molecule has 88 valence electrons. The fourth-order valence-electron chi connectivity index (χ4n) is 4.85. The molecular formula is C14H19ClO. The van der Waals surface area contributed by atoms with E-state index in [2.05, 4.69) is 0 Å². The lowest BCUT2D eigenvalue weighted by atomic mass is 9.49. The van der Waals surface area contributed by atoms with Gasteiger partial charge in [-0.3, -0.25) is 4.79 Å². The van der Waals surface area contributed by atoms with Crippen molar-refractivity contribution in [1.29, 1.82) is 0 Å². The summed E-state index contributed by atoms with van der Waals surface area (Å²) in [6, 6.07) is 0. The Morgan fingerprint density at radius 2 is 1.56 bits per heavy atom. The highest BCUT2D eigenvalue weighted by molar-refractivity contribution is 6.31. The smallest absolute Gasteiger partial charge is 0.146 e. The third-order valence-electron chi connectivity index (χ3n) is 5.03. The fraction of sp³-hybridized carbons (Fsp3) is 0.786. The Morgan fingerprint density at radius 3 is 1.94 bits per heavy atom. The van der Waals surface area contributed by atoms with Gasteiger partial charge in [0.2, 0.25) is 0 Å². The van der Waals surface area contributed by atoms with Crippen LogP contribution in [-0.2, 0) is 4.79 Å². The molecule has 1 nitrogen and oxygen atoms in total. The Bertz CT molecular complexity index is 320. The first-order valence-electron chi connectivity index (χ1n) is 6.45. The van der Waals surface area contributed by atoms with Gasteiger partial charge in [-0.05, 0) is 63.2 Å². The van der Waals surface area contributed by atoms with E-state index in [-0.39, 0.29) is 5.41 Å². The van der Waals surface area contributed by atoms with Gasteiger partial charge >= 0.3 is 0 Å². The van der Waals surface area contributed by atoms with Crippen molar-refractivity contribution < 1.29 is 4.79 Å². The monoisotopic (exact) mass is 238 g/mol. The van der Waals surface area contributed by atoms with Crippen LogP contribution in [0.5, 0.6) is 0 Å². The lowest BCUT2D eigenvalue weighted by molar-refractivity contribution is -0.105. The molecule has 0 atom stereocenters. The minimum absolute atomic E-state index is 0.196. The average Bonchev–Trinajstić information content (AvgIpc) is 2.25. The quantitative estimate of drug-likeness (QED) is 0.527. The molecule has 0 aromatic rings. The molecule has 0 aliphatic heterocycles. The molecule has 4 aliphatic rings. The zero-order valence-corrected chi connectivity index (χ0v) is 10.6. The van der Waals surface area contributed by atoms with Crippen LogP contribution in [0.1, 0.15) is 45.4 Å². The maximum Gasteiger partial charge on any atom is 0.146 e. The fourth-order valence-corrected chi connectivity index (χ4v) is 5.13. The van der Waals surface area contributed by atoms with E-state index in [0.717, 1.165) is 34.6 Å². The topological polar surface area (TPSA) is 17.1 Å². The number of carbonyl (C=O) groups excluding carboxylic acids is 1. The largest absolute Gasteiger partial charge is 0.298 e. The number of aldehydes is 1. The second-order valence-corrected chi connectivity index (χ2v) is 6.69. The van der Waals surface area contributed by atoms with E-state index in [9.17, 15) is 4.79 Å². The summed E-state index contributed by atoms with van der Waals surface area (Å²) in [5.41, 5.74) is 0.963. The predicted octanol–water partition coefficient (Wildman–Crippen LogP) is 3.91. The maximum absolute atomic E-state index is 10.9. The highest BCUT2D eigenvalue weighted by Gasteiger charge is 2.52. The van der Waals surface area contributed by atoms with Gasteiger partial charge in [-0.25, -0.2) is 0 Å². The Balaban J connectivity index is 1.97. The molecule has 4 saturated carbocycles. The number of hydrogen-bond donors (Lipinski definition) is 0. The van der Waals surface area contributed by atoms with E-state index in [1.165, 1.54) is 38.5 Å². The van der Waals surface area contributed by atoms with E-state index in [1.807, 2.05) is 6.92 Å². The van der Waals surface area contributed by atoms with E-state index < -0.39 is 0 Å². The molecule has 0 radical (unpaired) electrons. The lowest BCUT2D eigenvalue weighted by Gasteiger charge is -2.57. The normalized spacial score (nSPS) is 46.8. The minimum Gasteiger partial charge on any atom is -0.298 e. The molecule has 4 fully saturated rings. The highest BCUT2D eigenvalue weighted by Crippen LogP contribution is 2.63. The van der Waals surface area contributed by atoms with E-state index in [4.69, 9.17) is 11.6 Å². The number of rotatable bonds is 2. The molecule has 0 unspecified atom stereocenters.